The second kappa shape index (κ2) is 7.62. The Hall–Kier alpha value is -2.46. The second-order valence-electron chi connectivity index (χ2n) is 6.31. The first-order valence-corrected chi connectivity index (χ1v) is 8.74. The molecule has 0 amide bonds. The zero-order chi connectivity index (χ0) is 17.8. The van der Waals surface area contributed by atoms with E-state index in [9.17, 15) is 0 Å². The standard InChI is InChI=1S/C21H26N2O2/c1-4-25-21-15(6-5-7-20(21)24-3)11-16(12-22)18-13-23-19-9-8-14(2)10-17(18)19/h5-10,13,16,23H,4,11-12,22H2,1-3H3. The summed E-state index contributed by atoms with van der Waals surface area (Å²) in [7, 11) is 1.67. The number of aromatic amines is 1. The Labute approximate surface area is 149 Å². The van der Waals surface area contributed by atoms with Crippen LogP contribution in [0.3, 0.4) is 0 Å². The molecule has 25 heavy (non-hydrogen) atoms. The molecule has 1 unspecified atom stereocenters. The van der Waals surface area contributed by atoms with Crippen molar-refractivity contribution in [1.82, 2.24) is 4.98 Å². The third-order valence-corrected chi connectivity index (χ3v) is 4.63. The first-order chi connectivity index (χ1) is 12.2. The molecule has 1 heterocycles. The fourth-order valence-corrected chi connectivity index (χ4v) is 3.37. The van der Waals surface area contributed by atoms with E-state index in [0.29, 0.717) is 13.2 Å². The van der Waals surface area contributed by atoms with Crippen LogP contribution in [0.15, 0.2) is 42.6 Å². The Kier molecular flexibility index (Phi) is 5.29. The van der Waals surface area contributed by atoms with Gasteiger partial charge in [0.15, 0.2) is 11.5 Å². The van der Waals surface area contributed by atoms with Gasteiger partial charge >= 0.3 is 0 Å². The topological polar surface area (TPSA) is 60.3 Å². The van der Waals surface area contributed by atoms with Gasteiger partial charge in [-0.05, 0) is 56.1 Å². The van der Waals surface area contributed by atoms with Crippen molar-refractivity contribution in [3.63, 3.8) is 0 Å². The van der Waals surface area contributed by atoms with Crippen LogP contribution in [0.5, 0.6) is 11.5 Å². The smallest absolute Gasteiger partial charge is 0.164 e. The van der Waals surface area contributed by atoms with Gasteiger partial charge in [0, 0.05) is 23.0 Å². The van der Waals surface area contributed by atoms with E-state index in [2.05, 4.69) is 42.4 Å². The quantitative estimate of drug-likeness (QED) is 0.680. The van der Waals surface area contributed by atoms with Gasteiger partial charge in [0.2, 0.25) is 0 Å². The predicted octanol–water partition coefficient (Wildman–Crippen LogP) is 4.17. The van der Waals surface area contributed by atoms with Gasteiger partial charge in [0.25, 0.3) is 0 Å². The van der Waals surface area contributed by atoms with Crippen LogP contribution in [0, 0.1) is 6.92 Å². The maximum Gasteiger partial charge on any atom is 0.164 e. The summed E-state index contributed by atoms with van der Waals surface area (Å²) < 4.78 is 11.3. The SMILES string of the molecule is CCOc1c(CC(CN)c2c[nH]c3ccc(C)cc23)cccc1OC. The summed E-state index contributed by atoms with van der Waals surface area (Å²) in [4.78, 5) is 3.37. The van der Waals surface area contributed by atoms with Crippen molar-refractivity contribution < 1.29 is 9.47 Å². The molecular weight excluding hydrogens is 312 g/mol. The number of hydrogen-bond acceptors (Lipinski definition) is 3. The largest absolute Gasteiger partial charge is 0.493 e. The maximum atomic E-state index is 6.15. The van der Waals surface area contributed by atoms with E-state index in [1.54, 1.807) is 7.11 Å². The average Bonchev–Trinajstić information content (AvgIpc) is 3.03. The number of fused-ring (bicyclic) bond motifs is 1. The van der Waals surface area contributed by atoms with E-state index < -0.39 is 0 Å². The van der Waals surface area contributed by atoms with E-state index in [4.69, 9.17) is 15.2 Å². The number of aryl methyl sites for hydroxylation is 1. The van der Waals surface area contributed by atoms with Gasteiger partial charge in [0.1, 0.15) is 0 Å². The lowest BCUT2D eigenvalue weighted by molar-refractivity contribution is 0.307. The van der Waals surface area contributed by atoms with E-state index >= 15 is 0 Å². The highest BCUT2D eigenvalue weighted by Gasteiger charge is 2.19. The third kappa shape index (κ3) is 3.49. The molecule has 0 fully saturated rings. The Balaban J connectivity index is 1.98. The van der Waals surface area contributed by atoms with Crippen molar-refractivity contribution in [3.05, 3.63) is 59.3 Å². The Bertz CT molecular complexity index is 854. The molecular formula is C21H26N2O2. The lowest BCUT2D eigenvalue weighted by Gasteiger charge is -2.19. The zero-order valence-corrected chi connectivity index (χ0v) is 15.1. The van der Waals surface area contributed by atoms with Crippen molar-refractivity contribution in [2.45, 2.75) is 26.2 Å². The highest BCUT2D eigenvalue weighted by atomic mass is 16.5. The van der Waals surface area contributed by atoms with Crippen LogP contribution in [0.4, 0.5) is 0 Å². The number of nitrogens with two attached hydrogens (primary N) is 1. The molecule has 3 rings (SSSR count). The molecule has 3 N–H and O–H groups in total. The molecule has 0 saturated carbocycles. The third-order valence-electron chi connectivity index (χ3n) is 4.63. The van der Waals surface area contributed by atoms with E-state index in [1.807, 2.05) is 19.1 Å². The van der Waals surface area contributed by atoms with Crippen LogP contribution in [0.1, 0.15) is 29.5 Å². The summed E-state index contributed by atoms with van der Waals surface area (Å²) in [6.45, 7) is 5.28. The molecule has 0 aliphatic carbocycles. The number of methoxy groups -OCH3 is 1. The summed E-state index contributed by atoms with van der Waals surface area (Å²) in [6.07, 6.45) is 2.89. The van der Waals surface area contributed by atoms with Crippen LogP contribution >= 0.6 is 0 Å². The first kappa shape index (κ1) is 17.4. The maximum absolute atomic E-state index is 6.15. The van der Waals surface area contributed by atoms with Crippen LogP contribution in [0.2, 0.25) is 0 Å². The van der Waals surface area contributed by atoms with Gasteiger partial charge in [-0.1, -0.05) is 23.8 Å². The Morgan fingerprint density at radius 1 is 1.20 bits per heavy atom. The van der Waals surface area contributed by atoms with Crippen LogP contribution in [-0.2, 0) is 6.42 Å². The number of ether oxygens (including phenoxy) is 2. The van der Waals surface area contributed by atoms with Crippen LogP contribution < -0.4 is 15.2 Å². The molecule has 4 nitrogen and oxygen atoms in total. The Morgan fingerprint density at radius 3 is 2.76 bits per heavy atom. The number of benzene rings is 2. The average molecular weight is 338 g/mol. The molecule has 0 spiro atoms. The number of para-hydroxylation sites is 1. The molecule has 1 atom stereocenters. The number of rotatable bonds is 7. The number of aromatic nitrogens is 1. The molecule has 3 aromatic rings. The van der Waals surface area contributed by atoms with Crippen molar-refractivity contribution >= 4 is 10.9 Å². The normalized spacial score (nSPS) is 12.3. The number of H-pyrrole nitrogens is 1. The van der Waals surface area contributed by atoms with Gasteiger partial charge in [-0.3, -0.25) is 0 Å². The van der Waals surface area contributed by atoms with Crippen LogP contribution in [-0.4, -0.2) is 25.2 Å². The van der Waals surface area contributed by atoms with E-state index in [-0.39, 0.29) is 5.92 Å². The number of nitrogens with one attached hydrogen (secondary N) is 1. The monoisotopic (exact) mass is 338 g/mol. The van der Waals surface area contributed by atoms with Crippen molar-refractivity contribution in [2.75, 3.05) is 20.3 Å². The van der Waals surface area contributed by atoms with E-state index in [1.165, 1.54) is 16.5 Å². The summed E-state index contributed by atoms with van der Waals surface area (Å²) in [6, 6.07) is 12.5. The molecule has 2 aromatic carbocycles. The molecule has 1 aromatic heterocycles. The number of hydrogen-bond donors (Lipinski definition) is 2. The molecule has 132 valence electrons. The van der Waals surface area contributed by atoms with Gasteiger partial charge in [-0.15, -0.1) is 0 Å². The van der Waals surface area contributed by atoms with E-state index in [0.717, 1.165) is 29.0 Å². The zero-order valence-electron chi connectivity index (χ0n) is 15.1. The molecule has 0 bridgehead atoms. The summed E-state index contributed by atoms with van der Waals surface area (Å²) in [5.41, 5.74) is 10.9. The Morgan fingerprint density at radius 2 is 2.04 bits per heavy atom. The lowest BCUT2D eigenvalue weighted by atomic mass is 9.91. The fourth-order valence-electron chi connectivity index (χ4n) is 3.37. The highest BCUT2D eigenvalue weighted by Crippen LogP contribution is 2.35. The predicted molar refractivity (Wildman–Crippen MR) is 103 cm³/mol. The highest BCUT2D eigenvalue weighted by molar-refractivity contribution is 5.84. The van der Waals surface area contributed by atoms with Crippen LogP contribution in [0.25, 0.3) is 10.9 Å². The van der Waals surface area contributed by atoms with Crippen molar-refractivity contribution in [2.24, 2.45) is 5.73 Å². The summed E-state index contributed by atoms with van der Waals surface area (Å²) >= 11 is 0. The van der Waals surface area contributed by atoms with Crippen molar-refractivity contribution in [3.8, 4) is 11.5 Å². The summed E-state index contributed by atoms with van der Waals surface area (Å²) in [5, 5.41) is 1.25. The van der Waals surface area contributed by atoms with Crippen molar-refractivity contribution in [1.29, 1.82) is 0 Å². The molecule has 0 aliphatic rings. The molecule has 0 aliphatic heterocycles. The van der Waals surface area contributed by atoms with Gasteiger partial charge in [0.05, 0.1) is 13.7 Å². The minimum absolute atomic E-state index is 0.210. The molecule has 4 heteroatoms. The van der Waals surface area contributed by atoms with Gasteiger partial charge < -0.3 is 20.2 Å². The lowest BCUT2D eigenvalue weighted by Crippen LogP contribution is -2.15. The molecule has 0 radical (unpaired) electrons. The first-order valence-electron chi connectivity index (χ1n) is 8.74. The second-order valence-corrected chi connectivity index (χ2v) is 6.31. The van der Waals surface area contributed by atoms with Gasteiger partial charge in [-0.25, -0.2) is 0 Å². The summed E-state index contributed by atoms with van der Waals surface area (Å²) in [5.74, 6) is 1.80. The minimum Gasteiger partial charge on any atom is -0.493 e. The van der Waals surface area contributed by atoms with Gasteiger partial charge in [-0.2, -0.15) is 0 Å². The molecule has 0 saturated heterocycles. The fraction of sp³-hybridized carbons (Fsp3) is 0.333. The minimum atomic E-state index is 0.210.